The highest BCUT2D eigenvalue weighted by Gasteiger charge is 2.88. The van der Waals surface area contributed by atoms with Gasteiger partial charge in [-0.25, -0.2) is 13.2 Å². The second-order valence-electron chi connectivity index (χ2n) is 6.58. The Morgan fingerprint density at radius 3 is 1.29 bits per heavy atom. The molecule has 2 nitrogen and oxygen atoms in total. The maximum absolute atomic E-state index is 14.1. The Bertz CT molecular complexity index is 918. The minimum absolute atomic E-state index is 2.35. The lowest BCUT2D eigenvalue weighted by molar-refractivity contribution is -0.392. The Balaban J connectivity index is 2.35. The van der Waals surface area contributed by atoms with Crippen LogP contribution in [0.3, 0.4) is 0 Å². The molecule has 0 spiro atoms. The fourth-order valence-corrected chi connectivity index (χ4v) is 2.54. The van der Waals surface area contributed by atoms with E-state index in [9.17, 15) is 79.0 Å². The van der Waals surface area contributed by atoms with E-state index in [1.165, 1.54) is 0 Å². The fourth-order valence-electron chi connectivity index (χ4n) is 2.54. The summed E-state index contributed by atoms with van der Waals surface area (Å²) in [5.74, 6) is -69.9. The van der Waals surface area contributed by atoms with Gasteiger partial charge in [-0.1, -0.05) is 0 Å². The fraction of sp³-hybridized carbons (Fsp3) is 0.714. The first-order chi connectivity index (χ1) is 14.8. The molecule has 0 saturated heterocycles. The molecule has 0 N–H and O–H groups in total. The predicted molar refractivity (Wildman–Crippen MR) is 67.7 cm³/mol. The molecular formula is C14H4F18O2. The first-order valence-electron chi connectivity index (χ1n) is 7.89. The van der Waals surface area contributed by atoms with Gasteiger partial charge in [0.05, 0.1) is 6.61 Å². The Hall–Kier alpha value is -2.02. The van der Waals surface area contributed by atoms with Gasteiger partial charge in [0.25, 0.3) is 0 Å². The molecule has 2 aliphatic rings. The van der Waals surface area contributed by atoms with Gasteiger partial charge in [0, 0.05) is 0 Å². The van der Waals surface area contributed by atoms with E-state index in [-0.39, 0.29) is 0 Å². The van der Waals surface area contributed by atoms with E-state index in [0.29, 0.717) is 0 Å². The maximum Gasteiger partial charge on any atom is 0.386 e. The summed E-state index contributed by atoms with van der Waals surface area (Å²) in [4.78, 5) is 0. The predicted octanol–water partition coefficient (Wildman–Crippen LogP) is 6.49. The van der Waals surface area contributed by atoms with Crippen LogP contribution in [0.25, 0.3) is 0 Å². The van der Waals surface area contributed by atoms with Crippen LogP contribution in [0.1, 0.15) is 0 Å². The number of rotatable bonds is 5. The summed E-state index contributed by atoms with van der Waals surface area (Å²) in [6.07, 6.45) is 0. The number of ether oxygens (including phenoxy) is 2. The average Bonchev–Trinajstić information content (AvgIpc) is 2.69. The second-order valence-corrected chi connectivity index (χ2v) is 6.58. The van der Waals surface area contributed by atoms with E-state index < -0.39 is 83.8 Å². The van der Waals surface area contributed by atoms with E-state index in [1.807, 2.05) is 0 Å². The molecular weight excluding hydrogens is 542 g/mol. The molecule has 0 aromatic heterocycles. The zero-order chi connectivity index (χ0) is 27.1. The summed E-state index contributed by atoms with van der Waals surface area (Å²) in [5.41, 5.74) is 0. The summed E-state index contributed by atoms with van der Waals surface area (Å²) in [7, 11) is 0. The van der Waals surface area contributed by atoms with Crippen molar-refractivity contribution >= 4 is 0 Å². The lowest BCUT2D eigenvalue weighted by atomic mass is 9.89. The summed E-state index contributed by atoms with van der Waals surface area (Å²) in [5, 5.41) is 0. The summed E-state index contributed by atoms with van der Waals surface area (Å²) in [6, 6.07) is 0. The SMILES string of the molecule is FC1=C(OCCOC2(F)C(F)=C(F)C(F)(F)C(F)(F)C2(F)F)C(F)(F)C(F)(F)C(F)(F)C1(F)F. The van der Waals surface area contributed by atoms with Gasteiger partial charge in [-0.05, 0) is 0 Å². The van der Waals surface area contributed by atoms with Crippen molar-refractivity contribution in [2.45, 2.75) is 47.3 Å². The van der Waals surface area contributed by atoms with Crippen molar-refractivity contribution in [1.82, 2.24) is 0 Å². The minimum Gasteiger partial charge on any atom is -0.486 e. The van der Waals surface area contributed by atoms with Gasteiger partial charge in [-0.2, -0.15) is 65.9 Å². The molecule has 0 bridgehead atoms. The molecule has 198 valence electrons. The molecule has 0 aromatic rings. The smallest absolute Gasteiger partial charge is 0.386 e. The topological polar surface area (TPSA) is 18.5 Å². The van der Waals surface area contributed by atoms with Crippen LogP contribution in [0.2, 0.25) is 0 Å². The molecule has 0 heterocycles. The monoisotopic (exact) mass is 546 g/mol. The Labute approximate surface area is 173 Å². The van der Waals surface area contributed by atoms with Gasteiger partial charge >= 0.3 is 47.3 Å². The molecule has 2 aliphatic carbocycles. The summed E-state index contributed by atoms with van der Waals surface area (Å²) < 4.78 is 245. The van der Waals surface area contributed by atoms with Crippen molar-refractivity contribution in [3.05, 3.63) is 23.2 Å². The lowest BCUT2D eigenvalue weighted by Gasteiger charge is -2.43. The van der Waals surface area contributed by atoms with Gasteiger partial charge in [-0.3, -0.25) is 0 Å². The molecule has 1 atom stereocenters. The van der Waals surface area contributed by atoms with Crippen LogP contribution >= 0.6 is 0 Å². The Morgan fingerprint density at radius 2 is 0.824 bits per heavy atom. The number of hydrogen-bond donors (Lipinski definition) is 0. The molecule has 34 heavy (non-hydrogen) atoms. The first kappa shape index (κ1) is 28.2. The highest BCUT2D eigenvalue weighted by Crippen LogP contribution is 2.63. The average molecular weight is 546 g/mol. The van der Waals surface area contributed by atoms with Crippen LogP contribution in [0.15, 0.2) is 23.2 Å². The van der Waals surface area contributed by atoms with Crippen LogP contribution in [-0.2, 0) is 9.47 Å². The van der Waals surface area contributed by atoms with Crippen LogP contribution in [-0.4, -0.2) is 60.5 Å². The van der Waals surface area contributed by atoms with Gasteiger partial charge in [0.1, 0.15) is 6.61 Å². The summed E-state index contributed by atoms with van der Waals surface area (Å²) in [6.45, 7) is -4.79. The van der Waals surface area contributed by atoms with Crippen molar-refractivity contribution in [3.63, 3.8) is 0 Å². The van der Waals surface area contributed by atoms with E-state index in [2.05, 4.69) is 9.47 Å². The van der Waals surface area contributed by atoms with Crippen molar-refractivity contribution in [2.24, 2.45) is 0 Å². The third-order valence-electron chi connectivity index (χ3n) is 4.52. The molecule has 0 radical (unpaired) electrons. The van der Waals surface area contributed by atoms with Gasteiger partial charge in [-0.15, -0.1) is 0 Å². The largest absolute Gasteiger partial charge is 0.486 e. The highest BCUT2D eigenvalue weighted by atomic mass is 19.4. The van der Waals surface area contributed by atoms with Crippen molar-refractivity contribution in [3.8, 4) is 0 Å². The molecule has 1 unspecified atom stereocenters. The summed E-state index contributed by atoms with van der Waals surface area (Å²) >= 11 is 0. The van der Waals surface area contributed by atoms with E-state index in [4.69, 9.17) is 0 Å². The molecule has 0 saturated carbocycles. The first-order valence-corrected chi connectivity index (χ1v) is 7.89. The lowest BCUT2D eigenvalue weighted by Crippen LogP contribution is -2.68. The van der Waals surface area contributed by atoms with Gasteiger partial charge < -0.3 is 9.47 Å². The molecule has 2 rings (SSSR count). The van der Waals surface area contributed by atoms with Crippen LogP contribution < -0.4 is 0 Å². The molecule has 20 heteroatoms. The Morgan fingerprint density at radius 1 is 0.441 bits per heavy atom. The standard InChI is InChI=1S/C14H4F18O2/c15-3-4(16)10(24,14(31,32)12(27,28)7(3,18)19)34-2-1-33-6-5(17)8(20,21)11(25,26)13(29,30)9(6,22)23/h1-2H2. The van der Waals surface area contributed by atoms with Crippen molar-refractivity contribution in [1.29, 1.82) is 0 Å². The minimum atomic E-state index is -7.07. The second kappa shape index (κ2) is 7.25. The zero-order valence-electron chi connectivity index (χ0n) is 15.0. The third kappa shape index (κ3) is 2.98. The highest BCUT2D eigenvalue weighted by molar-refractivity contribution is 5.33. The number of halogens is 18. The van der Waals surface area contributed by atoms with Crippen LogP contribution in [0.5, 0.6) is 0 Å². The number of alkyl halides is 15. The maximum atomic E-state index is 14.1. The number of hydrogen-bond acceptors (Lipinski definition) is 2. The molecule has 0 amide bonds. The van der Waals surface area contributed by atoms with Crippen molar-refractivity contribution in [2.75, 3.05) is 13.2 Å². The van der Waals surface area contributed by atoms with Crippen LogP contribution in [0.4, 0.5) is 79.0 Å². The third-order valence-corrected chi connectivity index (χ3v) is 4.52. The normalized spacial score (nSPS) is 32.5. The quantitative estimate of drug-likeness (QED) is 0.290. The zero-order valence-corrected chi connectivity index (χ0v) is 15.0. The van der Waals surface area contributed by atoms with Gasteiger partial charge in [0.15, 0.2) is 0 Å². The number of allylic oxidation sites excluding steroid dienone is 3. The van der Waals surface area contributed by atoms with E-state index in [0.717, 1.165) is 0 Å². The van der Waals surface area contributed by atoms with E-state index in [1.54, 1.807) is 0 Å². The molecule has 0 aliphatic heterocycles. The molecule has 0 fully saturated rings. The van der Waals surface area contributed by atoms with Crippen LogP contribution in [0, 0.1) is 0 Å². The Kier molecular flexibility index (Phi) is 6.02. The van der Waals surface area contributed by atoms with E-state index >= 15 is 0 Å². The molecule has 0 aromatic carbocycles. The van der Waals surface area contributed by atoms with Gasteiger partial charge in [0.2, 0.25) is 23.2 Å². The van der Waals surface area contributed by atoms with Crippen molar-refractivity contribution < 1.29 is 88.5 Å².